The molecule has 0 radical (unpaired) electrons. The minimum atomic E-state index is -1.16. The molecule has 0 aromatic heterocycles. The molecule has 8 heteroatoms. The van der Waals surface area contributed by atoms with E-state index in [4.69, 9.17) is 4.74 Å². The summed E-state index contributed by atoms with van der Waals surface area (Å²) in [7, 11) is 0. The quantitative estimate of drug-likeness (QED) is 0.445. The molecule has 0 saturated carbocycles. The first-order chi connectivity index (χ1) is 14.0. The van der Waals surface area contributed by atoms with Gasteiger partial charge in [0.25, 0.3) is 0 Å². The summed E-state index contributed by atoms with van der Waals surface area (Å²) in [6.07, 6.45) is -0.396. The van der Waals surface area contributed by atoms with Gasteiger partial charge in [-0.1, -0.05) is 60.7 Å². The van der Waals surface area contributed by atoms with Crippen molar-refractivity contribution in [3.05, 3.63) is 71.8 Å². The van der Waals surface area contributed by atoms with Gasteiger partial charge < -0.3 is 20.5 Å². The van der Waals surface area contributed by atoms with Crippen molar-refractivity contribution >= 4 is 30.6 Å². The second kappa shape index (κ2) is 11.8. The molecule has 3 N–H and O–H groups in total. The Kier molecular flexibility index (Phi) is 9.04. The fraction of sp³-hybridized carbons (Fsp3) is 0.286. The van der Waals surface area contributed by atoms with E-state index in [1.165, 1.54) is 0 Å². The molecule has 2 rings (SSSR count). The van der Waals surface area contributed by atoms with Gasteiger partial charge in [0.1, 0.15) is 18.7 Å². The molecule has 29 heavy (non-hydrogen) atoms. The second-order valence-corrected chi connectivity index (χ2v) is 6.81. The smallest absolute Gasteiger partial charge is 0.408 e. The van der Waals surface area contributed by atoms with Crippen LogP contribution in [-0.4, -0.2) is 40.9 Å². The number of amides is 2. The molecule has 0 aliphatic rings. The maximum absolute atomic E-state index is 12.7. The number of hydrogen-bond donors (Lipinski definition) is 4. The first-order valence-corrected chi connectivity index (χ1v) is 9.78. The summed E-state index contributed by atoms with van der Waals surface area (Å²) in [4.78, 5) is 36.2. The maximum atomic E-state index is 12.7. The molecular weight excluding hydrogens is 392 g/mol. The Morgan fingerprint density at radius 3 is 2.03 bits per heavy atom. The Balaban J connectivity index is 2.04. The van der Waals surface area contributed by atoms with E-state index in [2.05, 4.69) is 23.3 Å². The third-order valence-corrected chi connectivity index (χ3v) is 4.39. The third kappa shape index (κ3) is 7.87. The minimum Gasteiger partial charge on any atom is -0.480 e. The van der Waals surface area contributed by atoms with Crippen molar-refractivity contribution in [1.82, 2.24) is 10.6 Å². The number of hydrogen-bond acceptors (Lipinski definition) is 5. The minimum absolute atomic E-state index is 0.0593. The van der Waals surface area contributed by atoms with Gasteiger partial charge in [-0.15, -0.1) is 0 Å². The van der Waals surface area contributed by atoms with Crippen LogP contribution in [0.2, 0.25) is 0 Å². The normalized spacial score (nSPS) is 12.4. The molecule has 0 aliphatic heterocycles. The summed E-state index contributed by atoms with van der Waals surface area (Å²) in [5.41, 5.74) is 1.63. The number of carboxylic acid groups (broad SMARTS) is 1. The summed E-state index contributed by atoms with van der Waals surface area (Å²) in [6, 6.07) is 16.2. The van der Waals surface area contributed by atoms with E-state index in [0.717, 1.165) is 11.1 Å². The number of rotatable bonds is 10. The van der Waals surface area contributed by atoms with E-state index in [-0.39, 0.29) is 19.4 Å². The number of alkyl carbamates (subject to hydrolysis) is 1. The summed E-state index contributed by atoms with van der Waals surface area (Å²) >= 11 is 4.02. The molecule has 7 nitrogen and oxygen atoms in total. The largest absolute Gasteiger partial charge is 0.480 e. The van der Waals surface area contributed by atoms with Gasteiger partial charge in [-0.05, 0) is 23.3 Å². The predicted octanol–water partition coefficient (Wildman–Crippen LogP) is 2.41. The highest BCUT2D eigenvalue weighted by Gasteiger charge is 2.26. The molecule has 154 valence electrons. The van der Waals surface area contributed by atoms with Gasteiger partial charge in [0.15, 0.2) is 0 Å². The van der Waals surface area contributed by atoms with Gasteiger partial charge in [0, 0.05) is 6.42 Å². The zero-order valence-electron chi connectivity index (χ0n) is 15.8. The SMILES string of the molecule is O=C(N[C@@H](Cc1ccccc1)C(=O)N[C@@H](CCS)C(=O)O)OCc1ccccc1. The average Bonchev–Trinajstić information content (AvgIpc) is 2.73. The van der Waals surface area contributed by atoms with E-state index in [1.807, 2.05) is 60.7 Å². The lowest BCUT2D eigenvalue weighted by atomic mass is 10.0. The lowest BCUT2D eigenvalue weighted by Gasteiger charge is -2.21. The fourth-order valence-corrected chi connectivity index (χ4v) is 2.88. The van der Waals surface area contributed by atoms with Crippen molar-refractivity contribution in [2.24, 2.45) is 0 Å². The van der Waals surface area contributed by atoms with Gasteiger partial charge in [0.2, 0.25) is 5.91 Å². The summed E-state index contributed by atoms with van der Waals surface area (Å²) in [5.74, 6) is -1.45. The highest BCUT2D eigenvalue weighted by Crippen LogP contribution is 2.06. The Morgan fingerprint density at radius 2 is 1.48 bits per heavy atom. The van der Waals surface area contributed by atoms with Gasteiger partial charge in [-0.25, -0.2) is 9.59 Å². The Bertz CT molecular complexity index is 801. The van der Waals surface area contributed by atoms with Crippen LogP contribution in [0.25, 0.3) is 0 Å². The van der Waals surface area contributed by atoms with Crippen LogP contribution in [0.5, 0.6) is 0 Å². The van der Waals surface area contributed by atoms with E-state index in [9.17, 15) is 19.5 Å². The Morgan fingerprint density at radius 1 is 0.897 bits per heavy atom. The van der Waals surface area contributed by atoms with Crippen molar-refractivity contribution in [2.75, 3.05) is 5.75 Å². The van der Waals surface area contributed by atoms with E-state index in [0.29, 0.717) is 5.75 Å². The molecule has 2 aromatic rings. The molecule has 2 aromatic carbocycles. The van der Waals surface area contributed by atoms with Crippen LogP contribution in [0.1, 0.15) is 17.5 Å². The Labute approximate surface area is 174 Å². The van der Waals surface area contributed by atoms with Crippen LogP contribution in [0.15, 0.2) is 60.7 Å². The number of nitrogens with one attached hydrogen (secondary N) is 2. The van der Waals surface area contributed by atoms with Gasteiger partial charge >= 0.3 is 12.1 Å². The molecule has 2 amide bonds. The van der Waals surface area contributed by atoms with Gasteiger partial charge in [-0.3, -0.25) is 4.79 Å². The summed E-state index contributed by atoms with van der Waals surface area (Å²) < 4.78 is 5.19. The zero-order valence-corrected chi connectivity index (χ0v) is 16.7. The number of ether oxygens (including phenoxy) is 1. The Hall–Kier alpha value is -3.00. The van der Waals surface area contributed by atoms with Crippen molar-refractivity contribution in [2.45, 2.75) is 31.5 Å². The van der Waals surface area contributed by atoms with Crippen LogP contribution < -0.4 is 10.6 Å². The molecule has 0 unspecified atom stereocenters. The number of benzene rings is 2. The molecular formula is C21H24N2O5S. The van der Waals surface area contributed by atoms with Gasteiger partial charge in [0.05, 0.1) is 0 Å². The topological polar surface area (TPSA) is 105 Å². The lowest BCUT2D eigenvalue weighted by molar-refractivity contribution is -0.142. The van der Waals surface area contributed by atoms with Gasteiger partial charge in [-0.2, -0.15) is 12.6 Å². The molecule has 0 aliphatic carbocycles. The van der Waals surface area contributed by atoms with Crippen LogP contribution in [0.4, 0.5) is 4.79 Å². The molecule has 2 atom stereocenters. The second-order valence-electron chi connectivity index (χ2n) is 6.36. The molecule has 0 bridgehead atoms. The van der Waals surface area contributed by atoms with Crippen molar-refractivity contribution in [3.8, 4) is 0 Å². The predicted molar refractivity (Wildman–Crippen MR) is 112 cm³/mol. The highest BCUT2D eigenvalue weighted by atomic mass is 32.1. The van der Waals surface area contributed by atoms with Crippen molar-refractivity contribution < 1.29 is 24.2 Å². The fourth-order valence-electron chi connectivity index (χ4n) is 2.62. The maximum Gasteiger partial charge on any atom is 0.408 e. The molecule has 0 spiro atoms. The average molecular weight is 416 g/mol. The van der Waals surface area contributed by atoms with Crippen LogP contribution in [-0.2, 0) is 27.4 Å². The number of carboxylic acids is 1. The summed E-state index contributed by atoms with van der Waals surface area (Å²) in [5, 5.41) is 14.3. The number of carbonyl (C=O) groups is 3. The van der Waals surface area contributed by atoms with E-state index >= 15 is 0 Å². The number of thiol groups is 1. The van der Waals surface area contributed by atoms with Crippen molar-refractivity contribution in [1.29, 1.82) is 0 Å². The van der Waals surface area contributed by atoms with E-state index < -0.39 is 30.1 Å². The molecule has 0 saturated heterocycles. The third-order valence-electron chi connectivity index (χ3n) is 4.14. The first-order valence-electron chi connectivity index (χ1n) is 9.14. The van der Waals surface area contributed by atoms with Crippen LogP contribution in [0, 0.1) is 0 Å². The zero-order chi connectivity index (χ0) is 21.1. The van der Waals surface area contributed by atoms with Crippen LogP contribution in [0.3, 0.4) is 0 Å². The highest BCUT2D eigenvalue weighted by molar-refractivity contribution is 7.80. The van der Waals surface area contributed by atoms with Crippen molar-refractivity contribution in [3.63, 3.8) is 0 Å². The molecule has 0 heterocycles. The standard InChI is InChI=1S/C21H24N2O5S/c24-19(22-17(11-12-29)20(25)26)18(13-15-7-3-1-4-8-15)23-21(27)28-14-16-9-5-2-6-10-16/h1-10,17-18,29H,11-14H2,(H,22,24)(H,23,27)(H,25,26)/t17-,18-/m0/s1. The summed E-state index contributed by atoms with van der Waals surface area (Å²) in [6.45, 7) is 0.0593. The monoisotopic (exact) mass is 416 g/mol. The number of aliphatic carboxylic acids is 1. The van der Waals surface area contributed by atoms with E-state index in [1.54, 1.807) is 0 Å². The number of carbonyl (C=O) groups excluding carboxylic acids is 2. The molecule has 0 fully saturated rings. The first kappa shape index (κ1) is 22.3. The lowest BCUT2D eigenvalue weighted by Crippen LogP contribution is -2.52. The van der Waals surface area contributed by atoms with Crippen LogP contribution >= 0.6 is 12.6 Å².